The van der Waals surface area contributed by atoms with Gasteiger partial charge in [-0.25, -0.2) is 8.42 Å². The van der Waals surface area contributed by atoms with E-state index < -0.39 is 10.0 Å². The number of likely N-dealkylation sites (N-methyl/N-ethyl adjacent to an activating group) is 1. The number of nitrogens with one attached hydrogen (secondary N) is 1. The molecule has 28 heavy (non-hydrogen) atoms. The quantitative estimate of drug-likeness (QED) is 0.732. The number of carbonyl (C=O) groups excluding carboxylic acids is 2. The monoisotopic (exact) mass is 410 g/mol. The second kappa shape index (κ2) is 9.02. The first-order chi connectivity index (χ1) is 13.0. The van der Waals surface area contributed by atoms with Crippen LogP contribution in [0.25, 0.3) is 0 Å². The highest BCUT2D eigenvalue weighted by Gasteiger charge is 2.29. The number of benzene rings is 1. The van der Waals surface area contributed by atoms with Crippen LogP contribution in [-0.2, 0) is 19.6 Å². The molecule has 0 atom stereocenters. The minimum atomic E-state index is -3.51. The van der Waals surface area contributed by atoms with E-state index in [4.69, 9.17) is 0 Å². The van der Waals surface area contributed by atoms with Gasteiger partial charge < -0.3 is 10.2 Å². The summed E-state index contributed by atoms with van der Waals surface area (Å²) in [5.41, 5.74) is -0.346. The fourth-order valence-electron chi connectivity index (χ4n) is 2.94. The molecule has 1 heterocycles. The number of piperazine rings is 1. The standard InChI is InChI=1S/C19H30N4O4S/c1-19(2,3)20-17(24)14-21(4)18(25)15-22-10-12-23(13-11-22)28(26,27)16-8-6-5-7-9-16/h5-9H,10-15H2,1-4H3,(H,20,24). The summed E-state index contributed by atoms with van der Waals surface area (Å²) < 4.78 is 26.7. The second-order valence-electron chi connectivity index (χ2n) is 8.04. The smallest absolute Gasteiger partial charge is 0.243 e. The van der Waals surface area contributed by atoms with Crippen LogP contribution < -0.4 is 5.32 Å². The van der Waals surface area contributed by atoms with E-state index in [2.05, 4.69) is 5.32 Å². The third-order valence-corrected chi connectivity index (χ3v) is 6.30. The number of amides is 2. The van der Waals surface area contributed by atoms with Gasteiger partial charge in [-0.15, -0.1) is 0 Å². The van der Waals surface area contributed by atoms with E-state index in [9.17, 15) is 18.0 Å². The normalized spacial score (nSPS) is 16.6. The molecule has 2 rings (SSSR count). The van der Waals surface area contributed by atoms with Crippen LogP contribution in [0, 0.1) is 0 Å². The maximum Gasteiger partial charge on any atom is 0.243 e. The fraction of sp³-hybridized carbons (Fsp3) is 0.579. The van der Waals surface area contributed by atoms with Crippen molar-refractivity contribution in [3.05, 3.63) is 30.3 Å². The highest BCUT2D eigenvalue weighted by molar-refractivity contribution is 7.89. The predicted molar refractivity (Wildman–Crippen MR) is 107 cm³/mol. The van der Waals surface area contributed by atoms with Gasteiger partial charge in [0.1, 0.15) is 0 Å². The largest absolute Gasteiger partial charge is 0.350 e. The van der Waals surface area contributed by atoms with Crippen LogP contribution in [0.4, 0.5) is 0 Å². The van der Waals surface area contributed by atoms with Crippen LogP contribution in [0.5, 0.6) is 0 Å². The summed E-state index contributed by atoms with van der Waals surface area (Å²) in [5, 5.41) is 2.83. The number of nitrogens with zero attached hydrogens (tertiary/aromatic N) is 3. The molecule has 0 saturated carbocycles. The van der Waals surface area contributed by atoms with Crippen LogP contribution in [0.15, 0.2) is 35.2 Å². The minimum absolute atomic E-state index is 0.00153. The van der Waals surface area contributed by atoms with Gasteiger partial charge >= 0.3 is 0 Å². The molecule has 1 aliphatic rings. The highest BCUT2D eigenvalue weighted by atomic mass is 32.2. The SMILES string of the molecule is CN(CC(=O)NC(C)(C)C)C(=O)CN1CCN(S(=O)(=O)c2ccccc2)CC1. The van der Waals surface area contributed by atoms with E-state index in [-0.39, 0.29) is 35.3 Å². The van der Waals surface area contributed by atoms with Crippen molar-refractivity contribution in [2.24, 2.45) is 0 Å². The predicted octanol–water partition coefficient (Wildman–Crippen LogP) is 0.366. The first-order valence-electron chi connectivity index (χ1n) is 9.31. The van der Waals surface area contributed by atoms with Gasteiger partial charge in [0.05, 0.1) is 18.0 Å². The van der Waals surface area contributed by atoms with Gasteiger partial charge in [0, 0.05) is 38.8 Å². The molecule has 9 heteroatoms. The summed E-state index contributed by atoms with van der Waals surface area (Å²) in [6.45, 7) is 7.43. The summed E-state index contributed by atoms with van der Waals surface area (Å²) in [6, 6.07) is 8.35. The second-order valence-corrected chi connectivity index (χ2v) is 9.98. The van der Waals surface area contributed by atoms with Gasteiger partial charge in [-0.3, -0.25) is 14.5 Å². The van der Waals surface area contributed by atoms with Crippen molar-refractivity contribution in [3.63, 3.8) is 0 Å². The van der Waals surface area contributed by atoms with Crippen molar-refractivity contribution in [3.8, 4) is 0 Å². The third-order valence-electron chi connectivity index (χ3n) is 4.39. The molecule has 1 aromatic rings. The van der Waals surface area contributed by atoms with Crippen molar-refractivity contribution in [2.45, 2.75) is 31.2 Å². The molecule has 0 spiro atoms. The molecular formula is C19H30N4O4S. The minimum Gasteiger partial charge on any atom is -0.350 e. The molecule has 0 aromatic heterocycles. The average molecular weight is 411 g/mol. The number of carbonyl (C=O) groups is 2. The Morgan fingerprint density at radius 1 is 1.07 bits per heavy atom. The number of sulfonamides is 1. The van der Waals surface area contributed by atoms with E-state index in [0.717, 1.165) is 0 Å². The zero-order chi connectivity index (χ0) is 20.9. The Morgan fingerprint density at radius 3 is 2.18 bits per heavy atom. The molecule has 0 bridgehead atoms. The van der Waals surface area contributed by atoms with Gasteiger partial charge in [-0.2, -0.15) is 4.31 Å². The van der Waals surface area contributed by atoms with Crippen molar-refractivity contribution in [1.29, 1.82) is 0 Å². The summed E-state index contributed by atoms with van der Waals surface area (Å²) >= 11 is 0. The molecule has 1 N–H and O–H groups in total. The molecule has 1 saturated heterocycles. The van der Waals surface area contributed by atoms with Gasteiger partial charge in [-0.1, -0.05) is 18.2 Å². The molecular weight excluding hydrogens is 380 g/mol. The summed E-state index contributed by atoms with van der Waals surface area (Å²) in [4.78, 5) is 27.9. The molecule has 0 radical (unpaired) electrons. The summed E-state index contributed by atoms with van der Waals surface area (Å²) in [5.74, 6) is -0.370. The lowest BCUT2D eigenvalue weighted by molar-refractivity contribution is -0.136. The van der Waals surface area contributed by atoms with E-state index in [0.29, 0.717) is 26.2 Å². The fourth-order valence-corrected chi connectivity index (χ4v) is 4.39. The van der Waals surface area contributed by atoms with E-state index in [1.807, 2.05) is 25.7 Å². The Balaban J connectivity index is 1.83. The molecule has 1 aliphatic heterocycles. The van der Waals surface area contributed by atoms with Gasteiger partial charge in [-0.05, 0) is 32.9 Å². The topological polar surface area (TPSA) is 90.0 Å². The maximum absolute atomic E-state index is 12.6. The van der Waals surface area contributed by atoms with Crippen LogP contribution in [-0.4, -0.2) is 86.2 Å². The van der Waals surface area contributed by atoms with Crippen molar-refractivity contribution in [1.82, 2.24) is 19.4 Å². The Morgan fingerprint density at radius 2 is 1.64 bits per heavy atom. The lowest BCUT2D eigenvalue weighted by Crippen LogP contribution is -2.52. The number of rotatable bonds is 6. The van der Waals surface area contributed by atoms with Crippen LogP contribution in [0.2, 0.25) is 0 Å². The number of hydrogen-bond acceptors (Lipinski definition) is 5. The van der Waals surface area contributed by atoms with Crippen molar-refractivity contribution >= 4 is 21.8 Å². The van der Waals surface area contributed by atoms with E-state index in [1.54, 1.807) is 37.4 Å². The Kier molecular flexibility index (Phi) is 7.19. The van der Waals surface area contributed by atoms with Gasteiger partial charge in [0.2, 0.25) is 21.8 Å². The summed E-state index contributed by atoms with van der Waals surface area (Å²) in [7, 11) is -1.91. The van der Waals surface area contributed by atoms with Crippen LogP contribution in [0.3, 0.4) is 0 Å². The molecule has 156 valence electrons. The van der Waals surface area contributed by atoms with Crippen LogP contribution >= 0.6 is 0 Å². The molecule has 0 unspecified atom stereocenters. The molecule has 1 fully saturated rings. The van der Waals surface area contributed by atoms with Crippen LogP contribution in [0.1, 0.15) is 20.8 Å². The van der Waals surface area contributed by atoms with Crippen molar-refractivity contribution in [2.75, 3.05) is 46.3 Å². The van der Waals surface area contributed by atoms with Crippen molar-refractivity contribution < 1.29 is 18.0 Å². The lowest BCUT2D eigenvalue weighted by atomic mass is 10.1. The Hall–Kier alpha value is -1.97. The average Bonchev–Trinajstić information content (AvgIpc) is 2.61. The maximum atomic E-state index is 12.6. The summed E-state index contributed by atoms with van der Waals surface area (Å²) in [6.07, 6.45) is 0. The molecule has 2 amide bonds. The third kappa shape index (κ3) is 6.29. The molecule has 0 aliphatic carbocycles. The Bertz CT molecular complexity index is 782. The van der Waals surface area contributed by atoms with Gasteiger partial charge in [0.25, 0.3) is 0 Å². The zero-order valence-corrected chi connectivity index (χ0v) is 17.8. The Labute approximate surface area is 167 Å². The molecule has 8 nitrogen and oxygen atoms in total. The lowest BCUT2D eigenvalue weighted by Gasteiger charge is -2.34. The van der Waals surface area contributed by atoms with E-state index in [1.165, 1.54) is 9.21 Å². The van der Waals surface area contributed by atoms with E-state index >= 15 is 0 Å². The first-order valence-corrected chi connectivity index (χ1v) is 10.8. The first kappa shape index (κ1) is 22.3. The molecule has 1 aromatic carbocycles. The van der Waals surface area contributed by atoms with Gasteiger partial charge in [0.15, 0.2) is 0 Å². The highest BCUT2D eigenvalue weighted by Crippen LogP contribution is 2.17. The zero-order valence-electron chi connectivity index (χ0n) is 17.0. The number of hydrogen-bond donors (Lipinski definition) is 1.